The summed E-state index contributed by atoms with van der Waals surface area (Å²) >= 11 is 1.29. The molecule has 0 radical (unpaired) electrons. The quantitative estimate of drug-likeness (QED) is 0.847. The molecule has 0 bridgehead atoms. The summed E-state index contributed by atoms with van der Waals surface area (Å²) < 4.78 is 5.25. The number of nitrogens with one attached hydrogen (secondary N) is 2. The first kappa shape index (κ1) is 15.9. The Morgan fingerprint density at radius 1 is 1.33 bits per heavy atom. The monoisotopic (exact) mass is 312 g/mol. The molecule has 1 aromatic rings. The summed E-state index contributed by atoms with van der Waals surface area (Å²) in [6.07, 6.45) is 0. The molecule has 0 spiro atoms. The molecule has 2 rings (SSSR count). The molecular formula is C13H20N4O3S. The van der Waals surface area contributed by atoms with Gasteiger partial charge in [-0.2, -0.15) is 0 Å². The number of nitrogens with zero attached hydrogens (tertiary/aromatic N) is 2. The number of morpholine rings is 1. The summed E-state index contributed by atoms with van der Waals surface area (Å²) in [4.78, 5) is 30.8. The molecule has 1 aliphatic heterocycles. The van der Waals surface area contributed by atoms with Gasteiger partial charge in [0.2, 0.25) is 0 Å². The lowest BCUT2D eigenvalue weighted by molar-refractivity contribution is 0.0387. The van der Waals surface area contributed by atoms with Crippen LogP contribution in [0.1, 0.15) is 20.4 Å². The Bertz CT molecular complexity index is 492. The zero-order chi connectivity index (χ0) is 15.2. The Balaban J connectivity index is 1.70. The van der Waals surface area contributed by atoms with E-state index in [-0.39, 0.29) is 0 Å². The van der Waals surface area contributed by atoms with Crippen molar-refractivity contribution >= 4 is 23.3 Å². The van der Waals surface area contributed by atoms with Gasteiger partial charge in [0, 0.05) is 31.1 Å². The smallest absolute Gasteiger partial charge is 0.321 e. The van der Waals surface area contributed by atoms with Crippen LogP contribution < -0.4 is 10.6 Å². The van der Waals surface area contributed by atoms with E-state index >= 15 is 0 Å². The molecule has 1 fully saturated rings. The van der Waals surface area contributed by atoms with Crippen LogP contribution in [0.25, 0.3) is 0 Å². The highest BCUT2D eigenvalue weighted by Gasteiger charge is 2.15. The largest absolute Gasteiger partial charge is 0.379 e. The van der Waals surface area contributed by atoms with Crippen molar-refractivity contribution in [1.82, 2.24) is 20.5 Å². The van der Waals surface area contributed by atoms with Crippen molar-refractivity contribution in [1.29, 1.82) is 0 Å². The molecular weight excluding hydrogens is 292 g/mol. The highest BCUT2D eigenvalue weighted by Crippen LogP contribution is 2.15. The van der Waals surface area contributed by atoms with Crippen LogP contribution >= 0.6 is 11.3 Å². The van der Waals surface area contributed by atoms with Crippen molar-refractivity contribution in [3.05, 3.63) is 15.6 Å². The third-order valence-electron chi connectivity index (χ3n) is 3.27. The maximum absolute atomic E-state index is 11.8. The van der Waals surface area contributed by atoms with E-state index in [1.165, 1.54) is 11.3 Å². The van der Waals surface area contributed by atoms with Gasteiger partial charge in [-0.3, -0.25) is 15.0 Å². The molecule has 0 aromatic carbocycles. The molecule has 0 saturated carbocycles. The fourth-order valence-electron chi connectivity index (χ4n) is 1.92. The second-order valence-corrected chi connectivity index (χ2v) is 6.03. The third kappa shape index (κ3) is 4.76. The predicted octanol–water partition coefficient (Wildman–Crippen LogP) is 0.532. The first-order chi connectivity index (χ1) is 10.1. The van der Waals surface area contributed by atoms with Gasteiger partial charge in [0.05, 0.1) is 18.9 Å². The SMILES string of the molecule is Cc1nc(C(=O)NC(=O)NCCN2CCOCC2)sc1C. The molecule has 3 amide bonds. The molecule has 8 heteroatoms. The molecule has 0 aliphatic carbocycles. The van der Waals surface area contributed by atoms with E-state index in [4.69, 9.17) is 4.74 Å². The van der Waals surface area contributed by atoms with E-state index in [2.05, 4.69) is 20.5 Å². The third-order valence-corrected chi connectivity index (χ3v) is 4.34. The standard InChI is InChI=1S/C13H20N4O3S/c1-9-10(2)21-12(15-9)11(18)16-13(19)14-3-4-17-5-7-20-8-6-17/h3-8H2,1-2H3,(H2,14,16,18,19). The van der Waals surface area contributed by atoms with Gasteiger partial charge in [-0.05, 0) is 13.8 Å². The number of rotatable bonds is 4. The average molecular weight is 312 g/mol. The van der Waals surface area contributed by atoms with Gasteiger partial charge in [0.1, 0.15) is 0 Å². The maximum atomic E-state index is 11.8. The van der Waals surface area contributed by atoms with Crippen LogP contribution in [-0.4, -0.2) is 61.2 Å². The van der Waals surface area contributed by atoms with Gasteiger partial charge in [-0.15, -0.1) is 11.3 Å². The highest BCUT2D eigenvalue weighted by atomic mass is 32.1. The Kier molecular flexibility index (Phi) is 5.66. The van der Waals surface area contributed by atoms with Crippen LogP contribution in [0.3, 0.4) is 0 Å². The van der Waals surface area contributed by atoms with Gasteiger partial charge >= 0.3 is 6.03 Å². The molecule has 21 heavy (non-hydrogen) atoms. The Morgan fingerprint density at radius 2 is 2.05 bits per heavy atom. The van der Waals surface area contributed by atoms with Crippen LogP contribution in [-0.2, 0) is 4.74 Å². The summed E-state index contributed by atoms with van der Waals surface area (Å²) in [7, 11) is 0. The van der Waals surface area contributed by atoms with Gasteiger partial charge in [-0.25, -0.2) is 9.78 Å². The van der Waals surface area contributed by atoms with Gasteiger partial charge < -0.3 is 10.1 Å². The topological polar surface area (TPSA) is 83.6 Å². The van der Waals surface area contributed by atoms with Gasteiger partial charge in [-0.1, -0.05) is 0 Å². The van der Waals surface area contributed by atoms with E-state index in [0.29, 0.717) is 11.6 Å². The molecule has 2 heterocycles. The highest BCUT2D eigenvalue weighted by molar-refractivity contribution is 7.13. The van der Waals surface area contributed by atoms with Gasteiger partial charge in [0.25, 0.3) is 5.91 Å². The Morgan fingerprint density at radius 3 is 2.67 bits per heavy atom. The number of thiazole rings is 1. The molecule has 0 atom stereocenters. The number of carbonyl (C=O) groups is 2. The number of ether oxygens (including phenoxy) is 1. The minimum Gasteiger partial charge on any atom is -0.379 e. The second-order valence-electron chi connectivity index (χ2n) is 4.82. The molecule has 7 nitrogen and oxygen atoms in total. The molecule has 0 unspecified atom stereocenters. The molecule has 2 N–H and O–H groups in total. The number of aryl methyl sites for hydroxylation is 2. The van der Waals surface area contributed by atoms with Crippen molar-refractivity contribution in [2.24, 2.45) is 0 Å². The lowest BCUT2D eigenvalue weighted by atomic mass is 10.4. The summed E-state index contributed by atoms with van der Waals surface area (Å²) in [5.74, 6) is -0.458. The fourth-order valence-corrected chi connectivity index (χ4v) is 2.73. The zero-order valence-electron chi connectivity index (χ0n) is 12.3. The van der Waals surface area contributed by atoms with Crippen LogP contribution in [0.15, 0.2) is 0 Å². The number of amides is 3. The van der Waals surface area contributed by atoms with E-state index < -0.39 is 11.9 Å². The summed E-state index contributed by atoms with van der Waals surface area (Å²) in [6, 6.07) is -0.487. The second kappa shape index (κ2) is 7.48. The lowest BCUT2D eigenvalue weighted by Crippen LogP contribution is -2.45. The van der Waals surface area contributed by atoms with Crippen molar-refractivity contribution in [3.63, 3.8) is 0 Å². The normalized spacial score (nSPS) is 15.7. The zero-order valence-corrected chi connectivity index (χ0v) is 13.1. The number of carbonyl (C=O) groups excluding carboxylic acids is 2. The summed E-state index contributed by atoms with van der Waals surface area (Å²) in [6.45, 7) is 8.19. The maximum Gasteiger partial charge on any atom is 0.321 e. The van der Waals surface area contributed by atoms with E-state index in [9.17, 15) is 9.59 Å². The molecule has 1 aromatic heterocycles. The van der Waals surface area contributed by atoms with Crippen molar-refractivity contribution in [2.75, 3.05) is 39.4 Å². The van der Waals surface area contributed by atoms with Crippen LogP contribution in [0.2, 0.25) is 0 Å². The summed E-state index contributed by atoms with van der Waals surface area (Å²) in [5, 5.41) is 5.28. The van der Waals surface area contributed by atoms with Crippen LogP contribution in [0.5, 0.6) is 0 Å². The van der Waals surface area contributed by atoms with E-state index in [1.807, 2.05) is 13.8 Å². The molecule has 1 saturated heterocycles. The van der Waals surface area contributed by atoms with Crippen molar-refractivity contribution < 1.29 is 14.3 Å². The lowest BCUT2D eigenvalue weighted by Gasteiger charge is -2.26. The first-order valence-corrected chi connectivity index (χ1v) is 7.71. The van der Waals surface area contributed by atoms with Crippen LogP contribution in [0, 0.1) is 13.8 Å². The van der Waals surface area contributed by atoms with Crippen molar-refractivity contribution in [2.45, 2.75) is 13.8 Å². The summed E-state index contributed by atoms with van der Waals surface area (Å²) in [5.41, 5.74) is 0.817. The van der Waals surface area contributed by atoms with Gasteiger partial charge in [0.15, 0.2) is 5.01 Å². The van der Waals surface area contributed by atoms with Crippen LogP contribution in [0.4, 0.5) is 4.79 Å². The number of aromatic nitrogens is 1. The molecule has 116 valence electrons. The fraction of sp³-hybridized carbons (Fsp3) is 0.615. The van der Waals surface area contributed by atoms with Crippen molar-refractivity contribution in [3.8, 4) is 0 Å². The Hall–Kier alpha value is -1.51. The Labute approximate surface area is 127 Å². The van der Waals surface area contributed by atoms with E-state index in [1.54, 1.807) is 0 Å². The number of imide groups is 1. The minimum atomic E-state index is -0.487. The number of hydrogen-bond donors (Lipinski definition) is 2. The predicted molar refractivity (Wildman–Crippen MR) is 79.7 cm³/mol. The average Bonchev–Trinajstić information content (AvgIpc) is 2.80. The first-order valence-electron chi connectivity index (χ1n) is 6.89. The minimum absolute atomic E-state index is 0.313. The number of hydrogen-bond acceptors (Lipinski definition) is 6. The molecule has 1 aliphatic rings. The number of urea groups is 1. The van der Waals surface area contributed by atoms with E-state index in [0.717, 1.165) is 43.4 Å².